The second-order valence-corrected chi connectivity index (χ2v) is 4.21. The van der Waals surface area contributed by atoms with Crippen LogP contribution in [0.2, 0.25) is 0 Å². The summed E-state index contributed by atoms with van der Waals surface area (Å²) in [4.78, 5) is 11.8. The quantitative estimate of drug-likeness (QED) is 0.846. The maximum atomic E-state index is 13.5. The third kappa shape index (κ3) is 3.35. The van der Waals surface area contributed by atoms with E-state index in [1.165, 1.54) is 6.07 Å². The first-order valence-corrected chi connectivity index (χ1v) is 6.45. The standard InChI is InChI=1S/C16H16FNO2/c1-2-20-16(19)13-8-4-6-10-15(13)18-11-12-7-3-5-9-14(12)17/h3-10,18H,2,11H2,1H3. The van der Waals surface area contributed by atoms with Crippen LogP contribution in [-0.2, 0) is 11.3 Å². The van der Waals surface area contributed by atoms with E-state index in [0.29, 0.717) is 30.0 Å². The second-order valence-electron chi connectivity index (χ2n) is 4.21. The molecule has 20 heavy (non-hydrogen) atoms. The van der Waals surface area contributed by atoms with Crippen LogP contribution in [0, 0.1) is 5.82 Å². The minimum Gasteiger partial charge on any atom is -0.462 e. The number of hydrogen-bond donors (Lipinski definition) is 1. The Morgan fingerprint density at radius 2 is 1.85 bits per heavy atom. The highest BCUT2D eigenvalue weighted by molar-refractivity contribution is 5.95. The van der Waals surface area contributed by atoms with Crippen molar-refractivity contribution in [1.29, 1.82) is 0 Å². The Morgan fingerprint density at radius 3 is 2.60 bits per heavy atom. The van der Waals surface area contributed by atoms with Gasteiger partial charge >= 0.3 is 5.97 Å². The molecule has 0 amide bonds. The Hall–Kier alpha value is -2.36. The first-order chi connectivity index (χ1) is 9.72. The minimum absolute atomic E-state index is 0.270. The molecule has 4 heteroatoms. The van der Waals surface area contributed by atoms with E-state index >= 15 is 0 Å². The van der Waals surface area contributed by atoms with Crippen LogP contribution in [0.1, 0.15) is 22.8 Å². The van der Waals surface area contributed by atoms with E-state index in [4.69, 9.17) is 4.74 Å². The average molecular weight is 273 g/mol. The fourth-order valence-corrected chi connectivity index (χ4v) is 1.86. The minimum atomic E-state index is -0.385. The lowest BCUT2D eigenvalue weighted by molar-refractivity contribution is 0.0527. The molecular weight excluding hydrogens is 257 g/mol. The second kappa shape index (κ2) is 6.70. The van der Waals surface area contributed by atoms with Crippen molar-refractivity contribution in [2.45, 2.75) is 13.5 Å². The van der Waals surface area contributed by atoms with Gasteiger partial charge in [-0.05, 0) is 25.1 Å². The first kappa shape index (κ1) is 14.1. The molecule has 2 rings (SSSR count). The molecule has 0 aliphatic heterocycles. The highest BCUT2D eigenvalue weighted by atomic mass is 19.1. The fourth-order valence-electron chi connectivity index (χ4n) is 1.86. The number of para-hydroxylation sites is 1. The number of benzene rings is 2. The van der Waals surface area contributed by atoms with Gasteiger partial charge in [-0.3, -0.25) is 0 Å². The SMILES string of the molecule is CCOC(=O)c1ccccc1NCc1ccccc1F. The molecule has 0 aliphatic carbocycles. The molecule has 0 saturated carbocycles. The van der Waals surface area contributed by atoms with Gasteiger partial charge in [-0.15, -0.1) is 0 Å². The Balaban J connectivity index is 2.14. The maximum Gasteiger partial charge on any atom is 0.340 e. The van der Waals surface area contributed by atoms with Crippen molar-refractivity contribution in [3.63, 3.8) is 0 Å². The largest absolute Gasteiger partial charge is 0.462 e. The van der Waals surface area contributed by atoms with Crippen molar-refractivity contribution < 1.29 is 13.9 Å². The van der Waals surface area contributed by atoms with Gasteiger partial charge in [0.05, 0.1) is 12.2 Å². The lowest BCUT2D eigenvalue weighted by Gasteiger charge is -2.11. The highest BCUT2D eigenvalue weighted by Gasteiger charge is 2.11. The Kier molecular flexibility index (Phi) is 4.71. The number of carbonyl (C=O) groups excluding carboxylic acids is 1. The van der Waals surface area contributed by atoms with Gasteiger partial charge in [0.15, 0.2) is 0 Å². The zero-order chi connectivity index (χ0) is 14.4. The lowest BCUT2D eigenvalue weighted by atomic mass is 10.1. The van der Waals surface area contributed by atoms with Crippen LogP contribution in [0.3, 0.4) is 0 Å². The molecule has 2 aromatic carbocycles. The average Bonchev–Trinajstić information content (AvgIpc) is 2.47. The maximum absolute atomic E-state index is 13.5. The summed E-state index contributed by atoms with van der Waals surface area (Å²) < 4.78 is 18.5. The molecule has 0 fully saturated rings. The zero-order valence-electron chi connectivity index (χ0n) is 11.2. The lowest BCUT2D eigenvalue weighted by Crippen LogP contribution is -2.10. The molecule has 0 bridgehead atoms. The molecule has 3 nitrogen and oxygen atoms in total. The van der Waals surface area contributed by atoms with Crippen LogP contribution >= 0.6 is 0 Å². The predicted molar refractivity (Wildman–Crippen MR) is 76.1 cm³/mol. The molecule has 0 unspecified atom stereocenters. The van der Waals surface area contributed by atoms with E-state index in [-0.39, 0.29) is 11.8 Å². The normalized spacial score (nSPS) is 10.1. The highest BCUT2D eigenvalue weighted by Crippen LogP contribution is 2.18. The molecule has 0 heterocycles. The molecule has 104 valence electrons. The summed E-state index contributed by atoms with van der Waals surface area (Å²) in [6, 6.07) is 13.6. The van der Waals surface area contributed by atoms with E-state index in [2.05, 4.69) is 5.32 Å². The van der Waals surface area contributed by atoms with Gasteiger partial charge in [-0.25, -0.2) is 9.18 Å². The molecular formula is C16H16FNO2. The molecule has 1 N–H and O–H groups in total. The van der Waals surface area contributed by atoms with Gasteiger partial charge in [0.2, 0.25) is 0 Å². The number of ether oxygens (including phenoxy) is 1. The van der Waals surface area contributed by atoms with E-state index < -0.39 is 0 Å². The van der Waals surface area contributed by atoms with E-state index in [9.17, 15) is 9.18 Å². The van der Waals surface area contributed by atoms with Gasteiger partial charge in [-0.1, -0.05) is 30.3 Å². The van der Waals surface area contributed by atoms with Gasteiger partial charge in [0.25, 0.3) is 0 Å². The van der Waals surface area contributed by atoms with Gasteiger partial charge < -0.3 is 10.1 Å². The van der Waals surface area contributed by atoms with Gasteiger partial charge in [0, 0.05) is 17.8 Å². The predicted octanol–water partition coefficient (Wildman–Crippen LogP) is 3.61. The third-order valence-electron chi connectivity index (χ3n) is 2.85. The summed E-state index contributed by atoms with van der Waals surface area (Å²) in [6.45, 7) is 2.39. The number of halogens is 1. The van der Waals surface area contributed by atoms with Gasteiger partial charge in [-0.2, -0.15) is 0 Å². The fraction of sp³-hybridized carbons (Fsp3) is 0.188. The number of anilines is 1. The van der Waals surface area contributed by atoms with E-state index in [1.54, 1.807) is 43.3 Å². The molecule has 2 aromatic rings. The van der Waals surface area contributed by atoms with Crippen molar-refractivity contribution in [2.24, 2.45) is 0 Å². The van der Waals surface area contributed by atoms with E-state index in [1.807, 2.05) is 6.07 Å². The van der Waals surface area contributed by atoms with Crippen LogP contribution in [-0.4, -0.2) is 12.6 Å². The Labute approximate surface area is 117 Å². The number of esters is 1. The molecule has 0 atom stereocenters. The summed E-state index contributed by atoms with van der Waals surface area (Å²) in [5.74, 6) is -0.655. The van der Waals surface area contributed by atoms with Crippen LogP contribution in [0.15, 0.2) is 48.5 Å². The van der Waals surface area contributed by atoms with Crippen LogP contribution in [0.4, 0.5) is 10.1 Å². The molecule has 0 aromatic heterocycles. The summed E-state index contributed by atoms with van der Waals surface area (Å²) in [5, 5.41) is 3.07. The Morgan fingerprint density at radius 1 is 1.15 bits per heavy atom. The summed E-state index contributed by atoms with van der Waals surface area (Å²) in [5.41, 5.74) is 1.63. The smallest absolute Gasteiger partial charge is 0.340 e. The van der Waals surface area contributed by atoms with E-state index in [0.717, 1.165) is 0 Å². The Bertz CT molecular complexity index is 599. The summed E-state index contributed by atoms with van der Waals surface area (Å²) >= 11 is 0. The monoisotopic (exact) mass is 273 g/mol. The van der Waals surface area contributed by atoms with Crippen LogP contribution < -0.4 is 5.32 Å². The first-order valence-electron chi connectivity index (χ1n) is 6.45. The van der Waals surface area contributed by atoms with Gasteiger partial charge in [0.1, 0.15) is 5.82 Å². The summed E-state index contributed by atoms with van der Waals surface area (Å²) in [6.07, 6.45) is 0. The van der Waals surface area contributed by atoms with Crippen molar-refractivity contribution in [2.75, 3.05) is 11.9 Å². The molecule has 0 radical (unpaired) electrons. The third-order valence-corrected chi connectivity index (χ3v) is 2.85. The number of carbonyl (C=O) groups is 1. The van der Waals surface area contributed by atoms with Crippen molar-refractivity contribution in [3.8, 4) is 0 Å². The van der Waals surface area contributed by atoms with Crippen molar-refractivity contribution >= 4 is 11.7 Å². The number of rotatable bonds is 5. The topological polar surface area (TPSA) is 38.3 Å². The van der Waals surface area contributed by atoms with Crippen LogP contribution in [0.5, 0.6) is 0 Å². The number of hydrogen-bond acceptors (Lipinski definition) is 3. The van der Waals surface area contributed by atoms with Crippen molar-refractivity contribution in [1.82, 2.24) is 0 Å². The summed E-state index contributed by atoms with van der Waals surface area (Å²) in [7, 11) is 0. The molecule has 0 spiro atoms. The molecule has 0 saturated heterocycles. The van der Waals surface area contributed by atoms with Crippen molar-refractivity contribution in [3.05, 3.63) is 65.5 Å². The van der Waals surface area contributed by atoms with Crippen LogP contribution in [0.25, 0.3) is 0 Å². The molecule has 0 aliphatic rings. The number of nitrogens with one attached hydrogen (secondary N) is 1. The zero-order valence-corrected chi connectivity index (χ0v) is 11.2.